The van der Waals surface area contributed by atoms with Gasteiger partial charge in [0.1, 0.15) is 0 Å². The number of hydrogen-bond acceptors (Lipinski definition) is 2. The first-order valence-corrected chi connectivity index (χ1v) is 5.64. The van der Waals surface area contributed by atoms with E-state index < -0.39 is 0 Å². The fourth-order valence-electron chi connectivity index (χ4n) is 1.10. The third kappa shape index (κ3) is 3.92. The van der Waals surface area contributed by atoms with Crippen molar-refractivity contribution >= 4 is 11.3 Å². The predicted molar refractivity (Wildman–Crippen MR) is 60.2 cm³/mol. The summed E-state index contributed by atoms with van der Waals surface area (Å²) >= 11 is 1.82. The van der Waals surface area contributed by atoms with Crippen LogP contribution in [0.5, 0.6) is 0 Å². The molecule has 0 radical (unpaired) electrons. The SMILES string of the molecule is C[C@H](NCC(C)(C)C)c1cccs1. The summed E-state index contributed by atoms with van der Waals surface area (Å²) in [6, 6.07) is 4.78. The molecular formula is C11H19NS. The number of hydrogen-bond donors (Lipinski definition) is 1. The van der Waals surface area contributed by atoms with E-state index in [4.69, 9.17) is 0 Å². The Kier molecular flexibility index (Phi) is 3.51. The molecule has 0 spiro atoms. The lowest BCUT2D eigenvalue weighted by Gasteiger charge is -2.22. The molecule has 74 valence electrons. The maximum Gasteiger partial charge on any atom is 0.0386 e. The van der Waals surface area contributed by atoms with Crippen molar-refractivity contribution < 1.29 is 0 Å². The van der Waals surface area contributed by atoms with Gasteiger partial charge in [0.25, 0.3) is 0 Å². The van der Waals surface area contributed by atoms with Crippen molar-refractivity contribution in [1.29, 1.82) is 0 Å². The third-order valence-electron chi connectivity index (χ3n) is 1.91. The molecule has 0 bridgehead atoms. The van der Waals surface area contributed by atoms with E-state index in [0.29, 0.717) is 11.5 Å². The summed E-state index contributed by atoms with van der Waals surface area (Å²) in [5.74, 6) is 0. The summed E-state index contributed by atoms with van der Waals surface area (Å²) in [6.45, 7) is 10.0. The van der Waals surface area contributed by atoms with Crippen LogP contribution in [0.4, 0.5) is 0 Å². The smallest absolute Gasteiger partial charge is 0.0386 e. The van der Waals surface area contributed by atoms with Gasteiger partial charge in [-0.2, -0.15) is 0 Å². The van der Waals surface area contributed by atoms with Gasteiger partial charge in [0.05, 0.1) is 0 Å². The summed E-state index contributed by atoms with van der Waals surface area (Å²) in [5, 5.41) is 5.66. The molecular weight excluding hydrogens is 178 g/mol. The average molecular weight is 197 g/mol. The molecule has 0 unspecified atom stereocenters. The summed E-state index contributed by atoms with van der Waals surface area (Å²) in [6.07, 6.45) is 0. The van der Waals surface area contributed by atoms with Gasteiger partial charge < -0.3 is 5.32 Å². The van der Waals surface area contributed by atoms with E-state index in [-0.39, 0.29) is 0 Å². The second-order valence-electron chi connectivity index (χ2n) is 4.68. The Morgan fingerprint density at radius 1 is 1.46 bits per heavy atom. The van der Waals surface area contributed by atoms with Gasteiger partial charge in [0.2, 0.25) is 0 Å². The molecule has 1 aromatic rings. The zero-order valence-electron chi connectivity index (χ0n) is 8.92. The highest BCUT2D eigenvalue weighted by Gasteiger charge is 2.12. The zero-order chi connectivity index (χ0) is 9.90. The normalized spacial score (nSPS) is 14.5. The second-order valence-corrected chi connectivity index (χ2v) is 5.66. The van der Waals surface area contributed by atoms with Gasteiger partial charge in [-0.25, -0.2) is 0 Å². The van der Waals surface area contributed by atoms with Crippen LogP contribution in [0.1, 0.15) is 38.6 Å². The lowest BCUT2D eigenvalue weighted by atomic mass is 9.96. The molecule has 13 heavy (non-hydrogen) atoms. The Balaban J connectivity index is 2.39. The monoisotopic (exact) mass is 197 g/mol. The molecule has 0 aliphatic heterocycles. The molecule has 1 N–H and O–H groups in total. The van der Waals surface area contributed by atoms with Gasteiger partial charge in [0, 0.05) is 17.5 Å². The highest BCUT2D eigenvalue weighted by molar-refractivity contribution is 7.10. The molecule has 1 nitrogen and oxygen atoms in total. The van der Waals surface area contributed by atoms with Gasteiger partial charge in [-0.3, -0.25) is 0 Å². The standard InChI is InChI=1S/C11H19NS/c1-9(10-6-5-7-13-10)12-8-11(2,3)4/h5-7,9,12H,8H2,1-4H3/t9-/m0/s1. The van der Waals surface area contributed by atoms with Crippen LogP contribution in [-0.4, -0.2) is 6.54 Å². The van der Waals surface area contributed by atoms with Gasteiger partial charge in [-0.05, 0) is 23.8 Å². The number of thiophene rings is 1. The molecule has 0 aromatic carbocycles. The molecule has 0 saturated carbocycles. The first kappa shape index (κ1) is 10.7. The topological polar surface area (TPSA) is 12.0 Å². The minimum absolute atomic E-state index is 0.367. The van der Waals surface area contributed by atoms with E-state index in [0.717, 1.165) is 6.54 Å². The Hall–Kier alpha value is -0.340. The van der Waals surface area contributed by atoms with Crippen LogP contribution in [0.15, 0.2) is 17.5 Å². The fraction of sp³-hybridized carbons (Fsp3) is 0.636. The maximum absolute atomic E-state index is 3.54. The van der Waals surface area contributed by atoms with Crippen LogP contribution in [0.3, 0.4) is 0 Å². The van der Waals surface area contributed by atoms with Crippen molar-refractivity contribution in [2.24, 2.45) is 5.41 Å². The van der Waals surface area contributed by atoms with E-state index in [1.54, 1.807) is 0 Å². The molecule has 0 saturated heterocycles. The van der Waals surface area contributed by atoms with Gasteiger partial charge >= 0.3 is 0 Å². The molecule has 0 fully saturated rings. The van der Waals surface area contributed by atoms with Crippen molar-refractivity contribution in [3.8, 4) is 0 Å². The van der Waals surface area contributed by atoms with E-state index in [2.05, 4.69) is 50.5 Å². The van der Waals surface area contributed by atoms with Crippen molar-refractivity contribution in [3.05, 3.63) is 22.4 Å². The van der Waals surface area contributed by atoms with Gasteiger partial charge in [-0.15, -0.1) is 11.3 Å². The average Bonchev–Trinajstić information content (AvgIpc) is 2.50. The molecule has 0 aliphatic carbocycles. The first-order valence-electron chi connectivity index (χ1n) is 4.76. The van der Waals surface area contributed by atoms with Crippen LogP contribution in [0.25, 0.3) is 0 Å². The Bertz CT molecular complexity index is 233. The van der Waals surface area contributed by atoms with Crippen LogP contribution in [0, 0.1) is 5.41 Å². The van der Waals surface area contributed by atoms with Crippen molar-refractivity contribution in [1.82, 2.24) is 5.32 Å². The van der Waals surface area contributed by atoms with E-state index in [1.807, 2.05) is 11.3 Å². The summed E-state index contributed by atoms with van der Waals surface area (Å²) in [4.78, 5) is 1.42. The van der Waals surface area contributed by atoms with E-state index >= 15 is 0 Å². The summed E-state index contributed by atoms with van der Waals surface area (Å²) < 4.78 is 0. The predicted octanol–water partition coefficient (Wildman–Crippen LogP) is 3.44. The fourth-order valence-corrected chi connectivity index (χ4v) is 1.86. The molecule has 1 atom stereocenters. The lowest BCUT2D eigenvalue weighted by molar-refractivity contribution is 0.361. The lowest BCUT2D eigenvalue weighted by Crippen LogP contribution is -2.28. The minimum atomic E-state index is 0.367. The minimum Gasteiger partial charge on any atom is -0.309 e. The first-order chi connectivity index (χ1) is 5.99. The Morgan fingerprint density at radius 3 is 2.62 bits per heavy atom. The van der Waals surface area contributed by atoms with Crippen LogP contribution in [-0.2, 0) is 0 Å². The van der Waals surface area contributed by atoms with E-state index in [9.17, 15) is 0 Å². The maximum atomic E-state index is 3.54. The van der Waals surface area contributed by atoms with Crippen LogP contribution in [0.2, 0.25) is 0 Å². The van der Waals surface area contributed by atoms with Crippen molar-refractivity contribution in [2.75, 3.05) is 6.54 Å². The van der Waals surface area contributed by atoms with Crippen molar-refractivity contribution in [2.45, 2.75) is 33.7 Å². The zero-order valence-corrected chi connectivity index (χ0v) is 9.74. The molecule has 0 amide bonds. The Labute approximate surface area is 85.2 Å². The highest BCUT2D eigenvalue weighted by Crippen LogP contribution is 2.20. The second kappa shape index (κ2) is 4.25. The molecule has 1 rings (SSSR count). The molecule has 1 heterocycles. The Morgan fingerprint density at radius 2 is 2.15 bits per heavy atom. The molecule has 2 heteroatoms. The van der Waals surface area contributed by atoms with Crippen LogP contribution < -0.4 is 5.32 Å². The molecule has 1 aromatic heterocycles. The quantitative estimate of drug-likeness (QED) is 0.782. The van der Waals surface area contributed by atoms with Crippen molar-refractivity contribution in [3.63, 3.8) is 0 Å². The van der Waals surface area contributed by atoms with Gasteiger partial charge in [-0.1, -0.05) is 26.8 Å². The largest absolute Gasteiger partial charge is 0.309 e. The van der Waals surface area contributed by atoms with E-state index in [1.165, 1.54) is 4.88 Å². The number of rotatable bonds is 3. The van der Waals surface area contributed by atoms with Crippen LogP contribution >= 0.6 is 11.3 Å². The summed E-state index contributed by atoms with van der Waals surface area (Å²) in [5.41, 5.74) is 0.367. The highest BCUT2D eigenvalue weighted by atomic mass is 32.1. The van der Waals surface area contributed by atoms with Gasteiger partial charge in [0.15, 0.2) is 0 Å². The summed E-state index contributed by atoms with van der Waals surface area (Å²) in [7, 11) is 0. The molecule has 0 aliphatic rings. The number of nitrogens with one attached hydrogen (secondary N) is 1. The third-order valence-corrected chi connectivity index (χ3v) is 2.96.